The minimum atomic E-state index is -0.0930. The van der Waals surface area contributed by atoms with Crippen molar-refractivity contribution in [3.63, 3.8) is 0 Å². The van der Waals surface area contributed by atoms with Gasteiger partial charge < -0.3 is 9.80 Å². The lowest BCUT2D eigenvalue weighted by Crippen LogP contribution is -2.50. The third-order valence-corrected chi connectivity index (χ3v) is 4.36. The first-order valence-electron chi connectivity index (χ1n) is 7.20. The lowest BCUT2D eigenvalue weighted by Gasteiger charge is -2.39. The smallest absolute Gasteiger partial charge is 0.137 e. The fourth-order valence-corrected chi connectivity index (χ4v) is 2.53. The SMILES string of the molecule is Cc1c(Cl)nc(C(C)(C)C)nc1N1CCN(C)C(C)C1. The Kier molecular flexibility index (Phi) is 4.26. The van der Waals surface area contributed by atoms with Crippen LogP contribution in [-0.2, 0) is 5.41 Å². The molecule has 1 saturated heterocycles. The van der Waals surface area contributed by atoms with Crippen molar-refractivity contribution in [2.24, 2.45) is 0 Å². The van der Waals surface area contributed by atoms with Crippen LogP contribution in [0.25, 0.3) is 0 Å². The van der Waals surface area contributed by atoms with Crippen molar-refractivity contribution in [2.45, 2.75) is 46.1 Å². The second kappa shape index (κ2) is 5.49. The van der Waals surface area contributed by atoms with Crippen LogP contribution in [0.4, 0.5) is 5.82 Å². The van der Waals surface area contributed by atoms with E-state index in [1.807, 2.05) is 6.92 Å². The van der Waals surface area contributed by atoms with Gasteiger partial charge in [0.2, 0.25) is 0 Å². The largest absolute Gasteiger partial charge is 0.353 e. The van der Waals surface area contributed by atoms with E-state index in [1.54, 1.807) is 0 Å². The Balaban J connectivity index is 2.38. The third kappa shape index (κ3) is 3.07. The summed E-state index contributed by atoms with van der Waals surface area (Å²) >= 11 is 6.32. The van der Waals surface area contributed by atoms with E-state index in [0.29, 0.717) is 11.2 Å². The molecule has 1 aromatic heterocycles. The molecular weight excluding hydrogens is 272 g/mol. The molecule has 0 radical (unpaired) electrons. The summed E-state index contributed by atoms with van der Waals surface area (Å²) in [5, 5.41) is 0.575. The van der Waals surface area contributed by atoms with Gasteiger partial charge in [-0.3, -0.25) is 0 Å². The van der Waals surface area contributed by atoms with Crippen molar-refractivity contribution in [3.05, 3.63) is 16.5 Å². The molecule has 1 aliphatic heterocycles. The van der Waals surface area contributed by atoms with Crippen molar-refractivity contribution in [2.75, 3.05) is 31.6 Å². The number of likely N-dealkylation sites (N-methyl/N-ethyl adjacent to an activating group) is 1. The van der Waals surface area contributed by atoms with Crippen LogP contribution in [0.1, 0.15) is 39.1 Å². The zero-order valence-electron chi connectivity index (χ0n) is 13.4. The Labute approximate surface area is 127 Å². The van der Waals surface area contributed by atoms with Crippen LogP contribution in [0.3, 0.4) is 0 Å². The van der Waals surface area contributed by atoms with Gasteiger partial charge >= 0.3 is 0 Å². The summed E-state index contributed by atoms with van der Waals surface area (Å²) in [6.45, 7) is 13.6. The molecule has 0 amide bonds. The topological polar surface area (TPSA) is 32.3 Å². The lowest BCUT2D eigenvalue weighted by atomic mass is 9.95. The van der Waals surface area contributed by atoms with Crippen LogP contribution in [-0.4, -0.2) is 47.6 Å². The van der Waals surface area contributed by atoms with E-state index in [2.05, 4.69) is 49.5 Å². The van der Waals surface area contributed by atoms with E-state index in [0.717, 1.165) is 36.8 Å². The summed E-state index contributed by atoms with van der Waals surface area (Å²) in [6, 6.07) is 0.523. The van der Waals surface area contributed by atoms with Crippen LogP contribution >= 0.6 is 11.6 Å². The van der Waals surface area contributed by atoms with E-state index in [-0.39, 0.29) is 5.41 Å². The Morgan fingerprint density at radius 1 is 1.20 bits per heavy atom. The highest BCUT2D eigenvalue weighted by Crippen LogP contribution is 2.29. The number of hydrogen-bond acceptors (Lipinski definition) is 4. The number of rotatable bonds is 1. The third-order valence-electron chi connectivity index (χ3n) is 3.99. The molecule has 1 atom stereocenters. The predicted octanol–water partition coefficient (Wildman–Crippen LogP) is 2.88. The molecule has 0 aromatic carbocycles. The molecule has 2 rings (SSSR count). The van der Waals surface area contributed by atoms with Crippen molar-refractivity contribution < 1.29 is 0 Å². The average molecular weight is 297 g/mol. The molecule has 0 aliphatic carbocycles. The molecule has 4 nitrogen and oxygen atoms in total. The van der Waals surface area contributed by atoms with Crippen molar-refractivity contribution in [1.29, 1.82) is 0 Å². The minimum Gasteiger partial charge on any atom is -0.353 e. The van der Waals surface area contributed by atoms with Gasteiger partial charge in [-0.05, 0) is 20.9 Å². The molecular formula is C15H25ClN4. The molecule has 0 spiro atoms. The van der Waals surface area contributed by atoms with Gasteiger partial charge in [0, 0.05) is 36.7 Å². The Hall–Kier alpha value is -0.870. The molecule has 112 valence electrons. The predicted molar refractivity (Wildman–Crippen MR) is 84.8 cm³/mol. The van der Waals surface area contributed by atoms with E-state index in [1.165, 1.54) is 0 Å². The quantitative estimate of drug-likeness (QED) is 0.746. The molecule has 1 aliphatic rings. The van der Waals surface area contributed by atoms with Crippen LogP contribution in [0.5, 0.6) is 0 Å². The Bertz CT molecular complexity index is 495. The van der Waals surface area contributed by atoms with E-state index >= 15 is 0 Å². The van der Waals surface area contributed by atoms with Gasteiger partial charge in [-0.15, -0.1) is 0 Å². The summed E-state index contributed by atoms with van der Waals surface area (Å²) in [5.41, 5.74) is 0.890. The second-order valence-electron chi connectivity index (χ2n) is 6.81. The number of halogens is 1. The number of nitrogens with zero attached hydrogens (tertiary/aromatic N) is 4. The van der Waals surface area contributed by atoms with E-state index in [4.69, 9.17) is 16.6 Å². The van der Waals surface area contributed by atoms with Gasteiger partial charge in [0.15, 0.2) is 0 Å². The fraction of sp³-hybridized carbons (Fsp3) is 0.733. The number of piperazine rings is 1. The first-order chi connectivity index (χ1) is 9.20. The van der Waals surface area contributed by atoms with Crippen molar-refractivity contribution in [1.82, 2.24) is 14.9 Å². The molecule has 0 bridgehead atoms. The highest BCUT2D eigenvalue weighted by molar-refractivity contribution is 6.30. The number of aromatic nitrogens is 2. The number of anilines is 1. The van der Waals surface area contributed by atoms with Gasteiger partial charge in [-0.2, -0.15) is 0 Å². The van der Waals surface area contributed by atoms with Crippen LogP contribution in [0.2, 0.25) is 5.15 Å². The second-order valence-corrected chi connectivity index (χ2v) is 7.17. The molecule has 0 N–H and O–H groups in total. The monoisotopic (exact) mass is 296 g/mol. The van der Waals surface area contributed by atoms with Gasteiger partial charge in [-0.1, -0.05) is 32.4 Å². The zero-order chi connectivity index (χ0) is 15.1. The number of hydrogen-bond donors (Lipinski definition) is 0. The zero-order valence-corrected chi connectivity index (χ0v) is 14.1. The molecule has 1 fully saturated rings. The van der Waals surface area contributed by atoms with E-state index < -0.39 is 0 Å². The summed E-state index contributed by atoms with van der Waals surface area (Å²) < 4.78 is 0. The minimum absolute atomic E-state index is 0.0930. The van der Waals surface area contributed by atoms with Gasteiger partial charge in [0.25, 0.3) is 0 Å². The van der Waals surface area contributed by atoms with Gasteiger partial charge in [-0.25, -0.2) is 9.97 Å². The first-order valence-corrected chi connectivity index (χ1v) is 7.57. The summed E-state index contributed by atoms with van der Waals surface area (Å²) in [5.74, 6) is 1.81. The molecule has 1 aromatic rings. The fourth-order valence-electron chi connectivity index (χ4n) is 2.36. The van der Waals surface area contributed by atoms with Gasteiger partial charge in [0.1, 0.15) is 16.8 Å². The normalized spacial score (nSPS) is 21.4. The lowest BCUT2D eigenvalue weighted by molar-refractivity contribution is 0.233. The highest BCUT2D eigenvalue weighted by Gasteiger charge is 2.26. The maximum atomic E-state index is 6.32. The Morgan fingerprint density at radius 2 is 1.85 bits per heavy atom. The average Bonchev–Trinajstić information content (AvgIpc) is 2.34. The maximum absolute atomic E-state index is 6.32. The van der Waals surface area contributed by atoms with Crippen LogP contribution in [0, 0.1) is 6.92 Å². The van der Waals surface area contributed by atoms with Crippen molar-refractivity contribution in [3.8, 4) is 0 Å². The van der Waals surface area contributed by atoms with Gasteiger partial charge in [0.05, 0.1) is 0 Å². The summed E-state index contributed by atoms with van der Waals surface area (Å²) in [4.78, 5) is 14.0. The standard InChI is InChI=1S/C15H25ClN4/c1-10-9-20(8-7-19(10)6)13-11(2)12(16)17-14(18-13)15(3,4)5/h10H,7-9H2,1-6H3. The summed E-state index contributed by atoms with van der Waals surface area (Å²) in [6.07, 6.45) is 0. The van der Waals surface area contributed by atoms with Crippen molar-refractivity contribution >= 4 is 17.4 Å². The molecule has 20 heavy (non-hydrogen) atoms. The van der Waals surface area contributed by atoms with E-state index in [9.17, 15) is 0 Å². The van der Waals surface area contributed by atoms with Crippen LogP contribution < -0.4 is 4.90 Å². The van der Waals surface area contributed by atoms with Crippen LogP contribution in [0.15, 0.2) is 0 Å². The molecule has 5 heteroatoms. The summed E-state index contributed by atoms with van der Waals surface area (Å²) in [7, 11) is 2.17. The highest BCUT2D eigenvalue weighted by atomic mass is 35.5. The first kappa shape index (κ1) is 15.5. The molecule has 0 saturated carbocycles. The maximum Gasteiger partial charge on any atom is 0.137 e. The molecule has 1 unspecified atom stereocenters. The molecule has 2 heterocycles. The Morgan fingerprint density at radius 3 is 2.40 bits per heavy atom.